The lowest BCUT2D eigenvalue weighted by molar-refractivity contribution is -0.122. The minimum absolute atomic E-state index is 0.0289. The summed E-state index contributed by atoms with van der Waals surface area (Å²) in [6.07, 6.45) is 2.98. The Morgan fingerprint density at radius 3 is 2.42 bits per heavy atom. The molecule has 2 heterocycles. The molecule has 6 heteroatoms. The molecule has 1 amide bonds. The zero-order valence-electron chi connectivity index (χ0n) is 22.1. The highest BCUT2D eigenvalue weighted by Gasteiger charge is 2.24. The van der Waals surface area contributed by atoms with Crippen molar-refractivity contribution in [3.63, 3.8) is 0 Å². The normalized spacial score (nSPS) is 15.1. The van der Waals surface area contributed by atoms with Gasteiger partial charge in [0.25, 0.3) is 0 Å². The van der Waals surface area contributed by atoms with Crippen molar-refractivity contribution in [2.24, 2.45) is 0 Å². The third kappa shape index (κ3) is 5.86. The van der Waals surface area contributed by atoms with Crippen LogP contribution in [0, 0.1) is 5.82 Å². The highest BCUT2D eigenvalue weighted by molar-refractivity contribution is 5.86. The molecule has 1 N–H and O–H groups in total. The van der Waals surface area contributed by atoms with Gasteiger partial charge in [0.2, 0.25) is 5.91 Å². The molecule has 4 aromatic carbocycles. The van der Waals surface area contributed by atoms with Crippen LogP contribution < -0.4 is 14.8 Å². The number of nitrogens with one attached hydrogen (secondary N) is 1. The summed E-state index contributed by atoms with van der Waals surface area (Å²) in [4.78, 5) is 13.3. The Kier molecular flexibility index (Phi) is 7.49. The zero-order chi connectivity index (χ0) is 27.3. The number of hydrogen-bond acceptors (Lipinski definition) is 3. The van der Waals surface area contributed by atoms with E-state index in [-0.39, 0.29) is 23.7 Å². The Hall–Kier alpha value is -4.58. The number of fused-ring (bicyclic) bond motifs is 2. The van der Waals surface area contributed by atoms with Gasteiger partial charge in [0.1, 0.15) is 18.5 Å². The third-order valence-corrected chi connectivity index (χ3v) is 7.38. The van der Waals surface area contributed by atoms with Crippen LogP contribution in [-0.2, 0) is 17.8 Å². The molecule has 0 fully saturated rings. The highest BCUT2D eigenvalue weighted by Crippen LogP contribution is 2.34. The van der Waals surface area contributed by atoms with E-state index in [0.29, 0.717) is 31.9 Å². The molecule has 202 valence electrons. The first-order valence-electron chi connectivity index (χ1n) is 13.6. The number of halogens is 1. The van der Waals surface area contributed by atoms with E-state index in [2.05, 4.69) is 40.3 Å². The van der Waals surface area contributed by atoms with Gasteiger partial charge in [-0.3, -0.25) is 4.79 Å². The fourth-order valence-corrected chi connectivity index (χ4v) is 5.40. The average Bonchev–Trinajstić information content (AvgIpc) is 3.35. The Labute approximate surface area is 233 Å². The van der Waals surface area contributed by atoms with Gasteiger partial charge in [0, 0.05) is 30.1 Å². The molecule has 0 saturated carbocycles. The van der Waals surface area contributed by atoms with E-state index >= 15 is 0 Å². The van der Waals surface area contributed by atoms with Gasteiger partial charge in [-0.15, -0.1) is 0 Å². The van der Waals surface area contributed by atoms with Crippen LogP contribution >= 0.6 is 0 Å². The van der Waals surface area contributed by atoms with Crippen molar-refractivity contribution >= 4 is 16.8 Å². The SMILES string of the molecule is O=C(CC(Cc1ccccc1)c1cn(Cc2ccc(F)cc2)c2ccccc12)NCC1COc2ccccc2O1. The molecule has 40 heavy (non-hydrogen) atoms. The van der Waals surface area contributed by atoms with Crippen molar-refractivity contribution in [1.29, 1.82) is 0 Å². The summed E-state index contributed by atoms with van der Waals surface area (Å²) in [6, 6.07) is 32.7. The lowest BCUT2D eigenvalue weighted by Gasteiger charge is -2.26. The predicted octanol–water partition coefficient (Wildman–Crippen LogP) is 6.50. The van der Waals surface area contributed by atoms with E-state index in [1.165, 1.54) is 17.7 Å². The topological polar surface area (TPSA) is 52.5 Å². The average molecular weight is 535 g/mol. The smallest absolute Gasteiger partial charge is 0.220 e. The van der Waals surface area contributed by atoms with Crippen molar-refractivity contribution < 1.29 is 18.7 Å². The second kappa shape index (κ2) is 11.7. The minimum Gasteiger partial charge on any atom is -0.486 e. The molecule has 0 radical (unpaired) electrons. The first kappa shape index (κ1) is 25.7. The van der Waals surface area contributed by atoms with Crippen molar-refractivity contribution in [1.82, 2.24) is 9.88 Å². The maximum Gasteiger partial charge on any atom is 0.220 e. The summed E-state index contributed by atoms with van der Waals surface area (Å²) in [6.45, 7) is 1.38. The lowest BCUT2D eigenvalue weighted by Crippen LogP contribution is -2.41. The predicted molar refractivity (Wildman–Crippen MR) is 154 cm³/mol. The van der Waals surface area contributed by atoms with Crippen LogP contribution in [0.3, 0.4) is 0 Å². The van der Waals surface area contributed by atoms with Crippen molar-refractivity contribution in [2.75, 3.05) is 13.2 Å². The number of para-hydroxylation sites is 3. The first-order chi connectivity index (χ1) is 19.6. The van der Waals surface area contributed by atoms with Crippen molar-refractivity contribution in [3.05, 3.63) is 132 Å². The standard InChI is InChI=1S/C34H31FN2O3/c35-27-16-14-25(15-17-27)21-37-22-30(29-10-4-5-11-31(29)37)26(18-24-8-2-1-3-9-24)19-34(38)36-20-28-23-39-32-12-6-7-13-33(32)40-28/h1-17,22,26,28H,18-21,23H2,(H,36,38). The van der Waals surface area contributed by atoms with Gasteiger partial charge in [-0.2, -0.15) is 0 Å². The molecule has 2 atom stereocenters. The fraction of sp³-hybridized carbons (Fsp3) is 0.206. The van der Waals surface area contributed by atoms with Crippen molar-refractivity contribution in [2.45, 2.75) is 31.4 Å². The Balaban J connectivity index is 1.23. The van der Waals surface area contributed by atoms with Gasteiger partial charge in [-0.1, -0.05) is 72.8 Å². The molecular formula is C34H31FN2O3. The fourth-order valence-electron chi connectivity index (χ4n) is 5.40. The highest BCUT2D eigenvalue weighted by atomic mass is 19.1. The number of aromatic nitrogens is 1. The summed E-state index contributed by atoms with van der Waals surface area (Å²) in [5.74, 6) is 1.11. The summed E-state index contributed by atoms with van der Waals surface area (Å²) in [5, 5.41) is 4.21. The monoisotopic (exact) mass is 534 g/mol. The van der Waals surface area contributed by atoms with E-state index < -0.39 is 0 Å². The Morgan fingerprint density at radius 2 is 1.60 bits per heavy atom. The second-order valence-corrected chi connectivity index (χ2v) is 10.2. The van der Waals surface area contributed by atoms with Crippen LogP contribution in [0.5, 0.6) is 11.5 Å². The van der Waals surface area contributed by atoms with E-state index in [1.54, 1.807) is 0 Å². The Bertz CT molecular complexity index is 1600. The number of rotatable bonds is 9. The van der Waals surface area contributed by atoms with Crippen LogP contribution in [0.25, 0.3) is 10.9 Å². The van der Waals surface area contributed by atoms with Crippen LogP contribution in [0.2, 0.25) is 0 Å². The summed E-state index contributed by atoms with van der Waals surface area (Å²) in [7, 11) is 0. The van der Waals surface area contributed by atoms with Crippen LogP contribution in [-0.4, -0.2) is 29.7 Å². The van der Waals surface area contributed by atoms with Gasteiger partial charge in [0.15, 0.2) is 11.5 Å². The molecule has 5 aromatic rings. The molecule has 1 aromatic heterocycles. The number of ether oxygens (including phenoxy) is 2. The zero-order valence-corrected chi connectivity index (χ0v) is 22.1. The quantitative estimate of drug-likeness (QED) is 0.235. The van der Waals surface area contributed by atoms with Crippen LogP contribution in [0.4, 0.5) is 4.39 Å². The third-order valence-electron chi connectivity index (χ3n) is 7.38. The largest absolute Gasteiger partial charge is 0.486 e. The number of benzene rings is 4. The number of carbonyl (C=O) groups is 1. The summed E-state index contributed by atoms with van der Waals surface area (Å²) >= 11 is 0. The van der Waals surface area contributed by atoms with Gasteiger partial charge in [-0.05, 0) is 59.4 Å². The molecule has 0 spiro atoms. The summed E-state index contributed by atoms with van der Waals surface area (Å²) < 4.78 is 27.5. The van der Waals surface area contributed by atoms with Gasteiger partial charge < -0.3 is 19.4 Å². The number of nitrogens with zero attached hydrogens (tertiary/aromatic N) is 1. The van der Waals surface area contributed by atoms with Crippen LogP contribution in [0.15, 0.2) is 109 Å². The number of carbonyl (C=O) groups excluding carboxylic acids is 1. The molecule has 0 bridgehead atoms. The number of hydrogen-bond donors (Lipinski definition) is 1. The molecular weight excluding hydrogens is 503 g/mol. The molecule has 0 aliphatic carbocycles. The van der Waals surface area contributed by atoms with Gasteiger partial charge >= 0.3 is 0 Å². The second-order valence-electron chi connectivity index (χ2n) is 10.2. The first-order valence-corrected chi connectivity index (χ1v) is 13.6. The molecule has 6 rings (SSSR count). The minimum atomic E-state index is -0.246. The van der Waals surface area contributed by atoms with E-state index in [0.717, 1.165) is 34.2 Å². The lowest BCUT2D eigenvalue weighted by atomic mass is 9.88. The van der Waals surface area contributed by atoms with Gasteiger partial charge in [0.05, 0.1) is 6.54 Å². The van der Waals surface area contributed by atoms with E-state index in [1.807, 2.05) is 66.7 Å². The maximum absolute atomic E-state index is 13.5. The molecule has 1 aliphatic rings. The molecule has 0 saturated heterocycles. The Morgan fingerprint density at radius 1 is 0.875 bits per heavy atom. The van der Waals surface area contributed by atoms with Crippen molar-refractivity contribution in [3.8, 4) is 11.5 Å². The number of amides is 1. The maximum atomic E-state index is 13.5. The van der Waals surface area contributed by atoms with Crippen LogP contribution in [0.1, 0.15) is 29.0 Å². The van der Waals surface area contributed by atoms with E-state index in [4.69, 9.17) is 9.47 Å². The van der Waals surface area contributed by atoms with E-state index in [9.17, 15) is 9.18 Å². The van der Waals surface area contributed by atoms with Gasteiger partial charge in [-0.25, -0.2) is 4.39 Å². The summed E-state index contributed by atoms with van der Waals surface area (Å²) in [5.41, 5.74) is 4.41. The molecule has 2 unspecified atom stereocenters. The molecule has 1 aliphatic heterocycles. The molecule has 5 nitrogen and oxygen atoms in total.